The number of rotatable bonds is 3. The van der Waals surface area contributed by atoms with E-state index in [0.717, 1.165) is 14.2 Å². The molecule has 0 aliphatic rings. The fourth-order valence-electron chi connectivity index (χ4n) is 1.01. The maximum absolute atomic E-state index is 13.0. The zero-order valence-corrected chi connectivity index (χ0v) is 7.55. The van der Waals surface area contributed by atoms with Crippen LogP contribution < -0.4 is 9.47 Å². The minimum atomic E-state index is -2.83. The number of aromatic nitrogens is 1. The lowest BCUT2D eigenvalue weighted by Gasteiger charge is -2.11. The van der Waals surface area contributed by atoms with Gasteiger partial charge in [0.05, 0.1) is 20.4 Å². The highest BCUT2D eigenvalue weighted by atomic mass is 19.3. The number of hydrogen-bond donors (Lipinski definition) is 0. The molecule has 0 saturated carbocycles. The van der Waals surface area contributed by atoms with Gasteiger partial charge in [-0.2, -0.15) is 0 Å². The molecular weight excluding hydrogens is 199 g/mol. The van der Waals surface area contributed by atoms with E-state index in [2.05, 4.69) is 14.5 Å². The van der Waals surface area contributed by atoms with Crippen LogP contribution in [0.3, 0.4) is 0 Å². The molecule has 0 radical (unpaired) electrons. The first kappa shape index (κ1) is 10.6. The molecule has 0 unspecified atom stereocenters. The Morgan fingerprint density at radius 2 is 1.79 bits per heavy atom. The summed E-state index contributed by atoms with van der Waals surface area (Å²) in [6.45, 7) is 0. The Bertz CT molecular complexity index is 331. The Labute approximate surface area is 78.5 Å². The van der Waals surface area contributed by atoms with Crippen molar-refractivity contribution < 1.29 is 22.6 Å². The summed E-state index contributed by atoms with van der Waals surface area (Å²) in [7, 11) is 2.31. The van der Waals surface area contributed by atoms with E-state index in [-0.39, 0.29) is 11.5 Å². The summed E-state index contributed by atoms with van der Waals surface area (Å²) in [5.74, 6) is -1.57. The van der Waals surface area contributed by atoms with Crippen LogP contribution in [0.2, 0.25) is 0 Å². The predicted octanol–water partition coefficient (Wildman–Crippen LogP) is 2.18. The molecule has 0 amide bonds. The molecule has 0 aromatic carbocycles. The van der Waals surface area contributed by atoms with Crippen molar-refractivity contribution in [1.82, 2.24) is 4.98 Å². The number of methoxy groups -OCH3 is 2. The molecule has 0 aliphatic heterocycles. The molecule has 0 bridgehead atoms. The third-order valence-electron chi connectivity index (χ3n) is 1.59. The Hall–Kier alpha value is -1.46. The first-order chi connectivity index (χ1) is 6.61. The average Bonchev–Trinajstić information content (AvgIpc) is 2.16. The molecule has 6 heteroatoms. The third-order valence-corrected chi connectivity index (χ3v) is 1.59. The highest BCUT2D eigenvalue weighted by Gasteiger charge is 2.22. The second kappa shape index (κ2) is 4.17. The molecule has 0 saturated heterocycles. The van der Waals surface area contributed by atoms with Crippen molar-refractivity contribution in [2.24, 2.45) is 0 Å². The van der Waals surface area contributed by atoms with Gasteiger partial charge in [0.2, 0.25) is 5.75 Å². The van der Waals surface area contributed by atoms with Crippen LogP contribution in [0.4, 0.5) is 13.2 Å². The van der Waals surface area contributed by atoms with Crippen LogP contribution in [0, 0.1) is 5.82 Å². The molecule has 0 aliphatic carbocycles. The predicted molar refractivity (Wildman–Crippen MR) is 42.3 cm³/mol. The van der Waals surface area contributed by atoms with E-state index in [0.29, 0.717) is 6.20 Å². The molecule has 0 N–H and O–H groups in total. The number of hydrogen-bond acceptors (Lipinski definition) is 3. The van der Waals surface area contributed by atoms with Gasteiger partial charge < -0.3 is 9.47 Å². The lowest BCUT2D eigenvalue weighted by molar-refractivity contribution is 0.140. The van der Waals surface area contributed by atoms with Gasteiger partial charge in [-0.3, -0.25) is 0 Å². The van der Waals surface area contributed by atoms with Crippen molar-refractivity contribution in [1.29, 1.82) is 0 Å². The largest absolute Gasteiger partial charge is 0.491 e. The molecule has 1 heterocycles. The van der Waals surface area contributed by atoms with Crippen molar-refractivity contribution in [3.05, 3.63) is 17.7 Å². The summed E-state index contributed by atoms with van der Waals surface area (Å²) >= 11 is 0. The standard InChI is InChI=1S/C8H8F3NO2/c1-13-6-4(9)3-12-5(8(10)11)7(6)14-2/h3,8H,1-2H3. The van der Waals surface area contributed by atoms with Crippen LogP contribution in [0.1, 0.15) is 12.1 Å². The summed E-state index contributed by atoms with van der Waals surface area (Å²) in [4.78, 5) is 3.23. The third kappa shape index (κ3) is 1.73. The Kier molecular flexibility index (Phi) is 3.16. The van der Waals surface area contributed by atoms with Crippen LogP contribution in [0.25, 0.3) is 0 Å². The maximum Gasteiger partial charge on any atom is 0.284 e. The minimum absolute atomic E-state index is 0.363. The molecule has 78 valence electrons. The average molecular weight is 207 g/mol. The second-order valence-electron chi connectivity index (χ2n) is 2.36. The fraction of sp³-hybridized carbons (Fsp3) is 0.375. The van der Waals surface area contributed by atoms with E-state index in [4.69, 9.17) is 0 Å². The number of alkyl halides is 2. The van der Waals surface area contributed by atoms with Crippen molar-refractivity contribution in [3.63, 3.8) is 0 Å². The lowest BCUT2D eigenvalue weighted by atomic mass is 10.3. The van der Waals surface area contributed by atoms with E-state index < -0.39 is 17.9 Å². The first-order valence-corrected chi connectivity index (χ1v) is 3.66. The lowest BCUT2D eigenvalue weighted by Crippen LogP contribution is -2.01. The Morgan fingerprint density at radius 1 is 1.21 bits per heavy atom. The molecule has 0 spiro atoms. The zero-order chi connectivity index (χ0) is 10.7. The summed E-state index contributed by atoms with van der Waals surface area (Å²) in [5.41, 5.74) is -0.634. The number of nitrogens with zero attached hydrogens (tertiary/aromatic N) is 1. The van der Waals surface area contributed by atoms with E-state index in [1.807, 2.05) is 0 Å². The topological polar surface area (TPSA) is 31.4 Å². The van der Waals surface area contributed by atoms with Gasteiger partial charge >= 0.3 is 0 Å². The SMILES string of the molecule is COc1c(F)cnc(C(F)F)c1OC. The van der Waals surface area contributed by atoms with Gasteiger partial charge in [0.1, 0.15) is 0 Å². The molecular formula is C8H8F3NO2. The summed E-state index contributed by atoms with van der Waals surface area (Å²) < 4.78 is 46.8. The van der Waals surface area contributed by atoms with Gasteiger partial charge in [-0.05, 0) is 0 Å². The number of pyridine rings is 1. The van der Waals surface area contributed by atoms with E-state index in [9.17, 15) is 13.2 Å². The number of halogens is 3. The Balaban J connectivity index is 3.33. The van der Waals surface area contributed by atoms with E-state index >= 15 is 0 Å². The van der Waals surface area contributed by atoms with Crippen LogP contribution >= 0.6 is 0 Å². The molecule has 3 nitrogen and oxygen atoms in total. The van der Waals surface area contributed by atoms with Gasteiger partial charge in [0, 0.05) is 0 Å². The van der Waals surface area contributed by atoms with Crippen molar-refractivity contribution in [2.45, 2.75) is 6.43 Å². The van der Waals surface area contributed by atoms with Crippen LogP contribution in [0.15, 0.2) is 6.20 Å². The fourth-order valence-corrected chi connectivity index (χ4v) is 1.01. The first-order valence-electron chi connectivity index (χ1n) is 3.66. The van der Waals surface area contributed by atoms with Crippen LogP contribution in [0.5, 0.6) is 11.5 Å². The van der Waals surface area contributed by atoms with E-state index in [1.165, 1.54) is 0 Å². The summed E-state index contributed by atoms with van der Waals surface area (Å²) in [5, 5.41) is 0. The quantitative estimate of drug-likeness (QED) is 0.761. The zero-order valence-electron chi connectivity index (χ0n) is 7.55. The number of ether oxygens (including phenoxy) is 2. The van der Waals surface area contributed by atoms with Gasteiger partial charge in [0.25, 0.3) is 6.43 Å². The maximum atomic E-state index is 13.0. The van der Waals surface area contributed by atoms with Gasteiger partial charge in [-0.15, -0.1) is 0 Å². The molecule has 0 atom stereocenters. The summed E-state index contributed by atoms with van der Waals surface area (Å²) in [6.07, 6.45) is -2.16. The van der Waals surface area contributed by atoms with Gasteiger partial charge in [-0.25, -0.2) is 18.2 Å². The van der Waals surface area contributed by atoms with Gasteiger partial charge in [-0.1, -0.05) is 0 Å². The van der Waals surface area contributed by atoms with Crippen molar-refractivity contribution >= 4 is 0 Å². The Morgan fingerprint density at radius 3 is 2.21 bits per heavy atom. The molecule has 1 aromatic rings. The normalized spacial score (nSPS) is 10.4. The second-order valence-corrected chi connectivity index (χ2v) is 2.36. The molecule has 1 aromatic heterocycles. The van der Waals surface area contributed by atoms with Crippen LogP contribution in [-0.2, 0) is 0 Å². The highest BCUT2D eigenvalue weighted by molar-refractivity contribution is 5.44. The monoisotopic (exact) mass is 207 g/mol. The minimum Gasteiger partial charge on any atom is -0.491 e. The molecule has 14 heavy (non-hydrogen) atoms. The molecule has 0 fully saturated rings. The highest BCUT2D eigenvalue weighted by Crippen LogP contribution is 2.36. The van der Waals surface area contributed by atoms with Crippen molar-refractivity contribution in [2.75, 3.05) is 14.2 Å². The smallest absolute Gasteiger partial charge is 0.284 e. The summed E-state index contributed by atoms with van der Waals surface area (Å²) in [6, 6.07) is 0. The molecule has 1 rings (SSSR count). The van der Waals surface area contributed by atoms with Crippen molar-refractivity contribution in [3.8, 4) is 11.5 Å². The van der Waals surface area contributed by atoms with E-state index in [1.54, 1.807) is 0 Å². The van der Waals surface area contributed by atoms with Crippen LogP contribution in [-0.4, -0.2) is 19.2 Å². The van der Waals surface area contributed by atoms with Gasteiger partial charge in [0.15, 0.2) is 17.3 Å².